The maximum absolute atomic E-state index is 11.8. The molecular weight excluding hydrogens is 348 g/mol. The van der Waals surface area contributed by atoms with E-state index in [2.05, 4.69) is 5.32 Å². The van der Waals surface area contributed by atoms with Gasteiger partial charge in [-0.25, -0.2) is 0 Å². The molecule has 0 bridgehead atoms. The van der Waals surface area contributed by atoms with Gasteiger partial charge in [-0.15, -0.1) is 11.8 Å². The van der Waals surface area contributed by atoms with E-state index in [4.69, 9.17) is 21.6 Å². The fourth-order valence-corrected chi connectivity index (χ4v) is 3.26. The van der Waals surface area contributed by atoms with Crippen LogP contribution in [0.25, 0.3) is 10.8 Å². The van der Waals surface area contributed by atoms with Crippen molar-refractivity contribution < 1.29 is 14.3 Å². The molecule has 7 heteroatoms. The Morgan fingerprint density at radius 3 is 2.75 bits per heavy atom. The highest BCUT2D eigenvalue weighted by Gasteiger charge is 2.10. The molecule has 0 heterocycles. The fourth-order valence-electron chi connectivity index (χ4n) is 2.02. The maximum Gasteiger partial charge on any atom is 0.316 e. The van der Waals surface area contributed by atoms with Crippen LogP contribution in [0.1, 0.15) is 6.42 Å². The molecule has 0 spiro atoms. The molecular formula is C17H15ClN2O3S. The minimum absolute atomic E-state index is 0.0792. The van der Waals surface area contributed by atoms with Crippen molar-refractivity contribution in [2.24, 2.45) is 0 Å². The van der Waals surface area contributed by atoms with E-state index in [1.54, 1.807) is 6.07 Å². The van der Waals surface area contributed by atoms with Gasteiger partial charge in [0, 0.05) is 21.8 Å². The monoisotopic (exact) mass is 362 g/mol. The number of nitrogens with zero attached hydrogens (tertiary/aromatic N) is 1. The van der Waals surface area contributed by atoms with Crippen molar-refractivity contribution >= 4 is 46.0 Å². The van der Waals surface area contributed by atoms with E-state index in [1.165, 1.54) is 11.8 Å². The molecule has 1 amide bonds. The summed E-state index contributed by atoms with van der Waals surface area (Å²) in [5.41, 5.74) is 0. The van der Waals surface area contributed by atoms with Crippen LogP contribution in [0.3, 0.4) is 0 Å². The van der Waals surface area contributed by atoms with Gasteiger partial charge in [-0.2, -0.15) is 5.26 Å². The Balaban J connectivity index is 1.87. The summed E-state index contributed by atoms with van der Waals surface area (Å²) in [4.78, 5) is 24.0. The van der Waals surface area contributed by atoms with Crippen molar-refractivity contribution in [3.8, 4) is 6.07 Å². The van der Waals surface area contributed by atoms with E-state index in [9.17, 15) is 9.59 Å². The first-order chi connectivity index (χ1) is 11.6. The first kappa shape index (κ1) is 18.1. The first-order valence-electron chi connectivity index (χ1n) is 7.21. The Morgan fingerprint density at radius 2 is 2.00 bits per heavy atom. The Bertz CT molecular complexity index is 784. The van der Waals surface area contributed by atoms with Gasteiger partial charge in [-0.3, -0.25) is 9.59 Å². The number of thioether (sulfide) groups is 1. The Labute approximate surface area is 148 Å². The van der Waals surface area contributed by atoms with Gasteiger partial charge in [0.2, 0.25) is 0 Å². The first-order valence-corrected chi connectivity index (χ1v) is 8.57. The van der Waals surface area contributed by atoms with Crippen LogP contribution in [0.15, 0.2) is 41.3 Å². The third-order valence-electron chi connectivity index (χ3n) is 3.08. The molecule has 2 aromatic carbocycles. The highest BCUT2D eigenvalue weighted by Crippen LogP contribution is 2.33. The maximum atomic E-state index is 11.8. The summed E-state index contributed by atoms with van der Waals surface area (Å²) in [5.74, 6) is -0.827. The second-order valence-electron chi connectivity index (χ2n) is 4.80. The Hall–Kier alpha value is -2.23. The lowest BCUT2D eigenvalue weighted by atomic mass is 10.1. The zero-order chi connectivity index (χ0) is 17.4. The normalized spacial score (nSPS) is 10.2. The second-order valence-corrected chi connectivity index (χ2v) is 6.23. The fraction of sp³-hybridized carbons (Fsp3) is 0.235. The SMILES string of the molecule is N#CCCNC(=O)COC(=O)CSc1cccc2cccc(Cl)c12. The number of hydrogen-bond acceptors (Lipinski definition) is 5. The van der Waals surface area contributed by atoms with Gasteiger partial charge in [0.25, 0.3) is 5.91 Å². The van der Waals surface area contributed by atoms with Gasteiger partial charge in [0.05, 0.1) is 18.2 Å². The van der Waals surface area contributed by atoms with E-state index < -0.39 is 11.9 Å². The second kappa shape index (κ2) is 9.16. The summed E-state index contributed by atoms with van der Waals surface area (Å²) in [6, 6.07) is 13.3. The topological polar surface area (TPSA) is 79.2 Å². The number of fused-ring (bicyclic) bond motifs is 1. The van der Waals surface area contributed by atoms with Crippen molar-refractivity contribution in [1.82, 2.24) is 5.32 Å². The number of amides is 1. The summed E-state index contributed by atoms with van der Waals surface area (Å²) >= 11 is 7.55. The van der Waals surface area contributed by atoms with E-state index in [-0.39, 0.29) is 25.3 Å². The molecule has 0 saturated carbocycles. The number of rotatable bonds is 7. The minimum atomic E-state index is -0.487. The molecule has 0 atom stereocenters. The van der Waals surface area contributed by atoms with E-state index in [1.807, 2.05) is 36.4 Å². The number of esters is 1. The molecule has 2 rings (SSSR count). The zero-order valence-electron chi connectivity index (χ0n) is 12.8. The molecule has 1 N–H and O–H groups in total. The van der Waals surface area contributed by atoms with E-state index in [0.29, 0.717) is 5.02 Å². The van der Waals surface area contributed by atoms with E-state index in [0.717, 1.165) is 15.7 Å². The Kier molecular flexibility index (Phi) is 6.91. The quantitative estimate of drug-likeness (QED) is 0.465. The lowest BCUT2D eigenvalue weighted by molar-refractivity contribution is -0.145. The Morgan fingerprint density at radius 1 is 1.25 bits per heavy atom. The van der Waals surface area contributed by atoms with Crippen molar-refractivity contribution in [1.29, 1.82) is 5.26 Å². The highest BCUT2D eigenvalue weighted by molar-refractivity contribution is 8.00. The molecule has 0 aliphatic rings. The number of nitrogens with one attached hydrogen (secondary N) is 1. The van der Waals surface area contributed by atoms with Crippen LogP contribution in [0.4, 0.5) is 0 Å². The number of carbonyl (C=O) groups excluding carboxylic acids is 2. The van der Waals surface area contributed by atoms with Crippen molar-refractivity contribution in [2.75, 3.05) is 18.9 Å². The third kappa shape index (κ3) is 5.15. The summed E-state index contributed by atoms with van der Waals surface area (Å²) in [5, 5.41) is 13.4. The summed E-state index contributed by atoms with van der Waals surface area (Å²) < 4.78 is 4.91. The average Bonchev–Trinajstić information content (AvgIpc) is 2.58. The summed E-state index contributed by atoms with van der Waals surface area (Å²) in [7, 11) is 0. The molecule has 124 valence electrons. The number of ether oxygens (including phenoxy) is 1. The van der Waals surface area contributed by atoms with Gasteiger partial charge in [-0.05, 0) is 17.5 Å². The molecule has 24 heavy (non-hydrogen) atoms. The van der Waals surface area contributed by atoms with Crippen LogP contribution < -0.4 is 5.32 Å². The lowest BCUT2D eigenvalue weighted by Crippen LogP contribution is -2.29. The van der Waals surface area contributed by atoms with Gasteiger partial charge in [0.1, 0.15) is 0 Å². The van der Waals surface area contributed by atoms with Crippen LogP contribution in [0.2, 0.25) is 5.02 Å². The van der Waals surface area contributed by atoms with Gasteiger partial charge in [0.15, 0.2) is 6.61 Å². The third-order valence-corrected chi connectivity index (χ3v) is 4.43. The standard InChI is InChI=1S/C17H15ClN2O3S/c18-13-6-1-4-12-5-2-7-14(17(12)13)24-11-16(22)23-10-15(21)20-9-3-8-19/h1-2,4-7H,3,9-11H2,(H,20,21). The molecule has 0 fully saturated rings. The molecule has 0 unspecified atom stereocenters. The molecule has 0 radical (unpaired) electrons. The minimum Gasteiger partial charge on any atom is -0.455 e. The largest absolute Gasteiger partial charge is 0.455 e. The predicted molar refractivity (Wildman–Crippen MR) is 93.9 cm³/mol. The number of hydrogen-bond donors (Lipinski definition) is 1. The summed E-state index contributed by atoms with van der Waals surface area (Å²) in [6.45, 7) is -0.0999. The number of carbonyl (C=O) groups is 2. The zero-order valence-corrected chi connectivity index (χ0v) is 14.3. The van der Waals surface area contributed by atoms with Crippen molar-refractivity contribution in [2.45, 2.75) is 11.3 Å². The molecule has 0 saturated heterocycles. The average molecular weight is 363 g/mol. The molecule has 0 aliphatic carbocycles. The molecule has 0 aliphatic heterocycles. The van der Waals surface area contributed by atoms with Crippen LogP contribution in [0, 0.1) is 11.3 Å². The van der Waals surface area contributed by atoms with Crippen LogP contribution in [-0.4, -0.2) is 30.8 Å². The predicted octanol–water partition coefficient (Wildman–Crippen LogP) is 3.16. The highest BCUT2D eigenvalue weighted by atomic mass is 35.5. The van der Waals surface area contributed by atoms with Gasteiger partial charge < -0.3 is 10.1 Å². The van der Waals surface area contributed by atoms with Gasteiger partial charge in [-0.1, -0.05) is 35.9 Å². The van der Waals surface area contributed by atoms with Crippen LogP contribution in [0.5, 0.6) is 0 Å². The number of halogens is 1. The van der Waals surface area contributed by atoms with Crippen LogP contribution >= 0.6 is 23.4 Å². The molecule has 5 nitrogen and oxygen atoms in total. The van der Waals surface area contributed by atoms with E-state index >= 15 is 0 Å². The van der Waals surface area contributed by atoms with Gasteiger partial charge >= 0.3 is 5.97 Å². The molecule has 2 aromatic rings. The summed E-state index contributed by atoms with van der Waals surface area (Å²) in [6.07, 6.45) is 0.220. The number of nitriles is 1. The number of benzene rings is 2. The smallest absolute Gasteiger partial charge is 0.316 e. The lowest BCUT2D eigenvalue weighted by Gasteiger charge is -2.08. The van der Waals surface area contributed by atoms with Crippen molar-refractivity contribution in [3.63, 3.8) is 0 Å². The molecule has 0 aromatic heterocycles. The van der Waals surface area contributed by atoms with Crippen LogP contribution in [-0.2, 0) is 14.3 Å². The van der Waals surface area contributed by atoms with Crippen molar-refractivity contribution in [3.05, 3.63) is 41.4 Å².